The topological polar surface area (TPSA) is 190 Å². The average molecular weight is 917 g/mol. The fraction of sp³-hybridized carbons (Fsp3) is 0.490. The number of phenolic OH excluding ortho intramolecular Hbond substituents is 1. The van der Waals surface area contributed by atoms with E-state index in [-0.39, 0.29) is 44.8 Å². The monoisotopic (exact) mass is 916 g/mol. The predicted octanol–water partition coefficient (Wildman–Crippen LogP) is 3.76. The summed E-state index contributed by atoms with van der Waals surface area (Å²) in [6, 6.07) is 12.1. The number of nitrogens with one attached hydrogen (secondary N) is 2. The summed E-state index contributed by atoms with van der Waals surface area (Å²) in [5, 5.41) is 28.2. The maximum Gasteiger partial charge on any atom is 0.324 e. The number of cyclic esters (lactones) is 1. The number of nitrogens with zero attached hydrogens (tertiary/aromatic N) is 6. The minimum absolute atomic E-state index is 0.0339. The molecule has 0 radical (unpaired) electrons. The molecule has 3 aliphatic rings. The lowest BCUT2D eigenvalue weighted by atomic mass is 9.84. The predicted molar refractivity (Wildman–Crippen MR) is 254 cm³/mol. The van der Waals surface area contributed by atoms with Crippen LogP contribution in [-0.2, 0) is 48.1 Å². The molecule has 67 heavy (non-hydrogen) atoms. The Balaban J connectivity index is 1.24. The fourth-order valence-electron chi connectivity index (χ4n) is 9.67. The van der Waals surface area contributed by atoms with E-state index in [0.717, 1.165) is 33.3 Å². The zero-order valence-electron chi connectivity index (χ0n) is 39.9. The molecule has 356 valence electrons. The van der Waals surface area contributed by atoms with Gasteiger partial charge in [-0.25, -0.2) is 5.43 Å². The zero-order valence-corrected chi connectivity index (χ0v) is 39.9. The van der Waals surface area contributed by atoms with Gasteiger partial charge in [0.05, 0.1) is 25.4 Å². The first kappa shape index (κ1) is 48.6. The maximum atomic E-state index is 14.7. The smallest absolute Gasteiger partial charge is 0.324 e. The van der Waals surface area contributed by atoms with E-state index in [1.54, 1.807) is 32.2 Å². The van der Waals surface area contributed by atoms with E-state index < -0.39 is 64.7 Å². The van der Waals surface area contributed by atoms with Gasteiger partial charge in [-0.2, -0.15) is 0 Å². The standard InChI is InChI=1S/C51H64N8O8/c1-9-58-42-17-16-34-27-38(42)39(45(58)35-13-10-19-52-29-35)28-50(4,5)31-67-48(64)40-14-11-21-59(54-40)47(63)41(25-33-23-36(34)26-37(60)24-33)53-46(62)44(32(2)3)56(8)49(65)51(66)18-22-57(30-51)43(61)15-12-20-55(6)7/h10,13,16-17,19,23-24,26-27,29,32,40-41,44,54,60,66H,9,11,14,18,20-22,25,28,30-31H2,1-8H3,(H,53,62)/t40-,41-,44-,51?/m0/s1. The van der Waals surface area contributed by atoms with Gasteiger partial charge >= 0.3 is 5.97 Å². The normalized spacial score (nSPS) is 21.4. The van der Waals surface area contributed by atoms with Crippen LogP contribution < -0.4 is 10.7 Å². The van der Waals surface area contributed by atoms with Crippen molar-refractivity contribution in [2.24, 2.45) is 11.3 Å². The van der Waals surface area contributed by atoms with Gasteiger partial charge in [0, 0.05) is 73.8 Å². The number of hydrogen-bond donors (Lipinski definition) is 4. The van der Waals surface area contributed by atoms with Crippen LogP contribution in [0.15, 0.2) is 60.9 Å². The molecule has 2 aromatic heterocycles. The van der Waals surface area contributed by atoms with Crippen LogP contribution >= 0.6 is 0 Å². The molecule has 3 aliphatic heterocycles. The molecule has 4 aromatic rings. The third-order valence-electron chi connectivity index (χ3n) is 12.9. The van der Waals surface area contributed by atoms with Gasteiger partial charge < -0.3 is 34.6 Å². The van der Waals surface area contributed by atoms with Crippen molar-refractivity contribution in [2.75, 3.05) is 53.9 Å². The number of β-amino-alcohol motifs (C(OH)–C–C–N with tert-alkyl or cyclic N) is 1. The number of carbonyl (C=O) groups is 5. The summed E-state index contributed by atoms with van der Waals surface area (Å²) < 4.78 is 8.32. The van der Waals surface area contributed by atoms with Crippen LogP contribution in [0.3, 0.4) is 0 Å². The number of rotatable bonds is 8. The van der Waals surface area contributed by atoms with Crippen LogP contribution in [-0.4, -0.2) is 147 Å². The molecule has 4 N–H and O–H groups in total. The average Bonchev–Trinajstić information content (AvgIpc) is 3.84. The number of hydrazine groups is 1. The Morgan fingerprint density at radius 3 is 2.52 bits per heavy atom. The van der Waals surface area contributed by atoms with Gasteiger partial charge in [-0.05, 0) is 111 Å². The highest BCUT2D eigenvalue weighted by atomic mass is 16.5. The Kier molecular flexibility index (Phi) is 14.4. The molecule has 2 fully saturated rings. The number of benzene rings is 2. The first-order valence-electron chi connectivity index (χ1n) is 23.1. The SMILES string of the molecule is CCn1c(-c2cccnc2)c2c3cc(ccc31)-c1cc(O)cc(c1)C[C@H](NC(=O)[C@H](C(C)C)N(C)C(=O)C1(O)CCN(C(=O)C#CCN(C)C)C1)C(=O)N1CCC[C@H](N1)C(=O)OCC(C)(C)C2. The van der Waals surface area contributed by atoms with Gasteiger partial charge in [0.1, 0.15) is 23.9 Å². The number of likely N-dealkylation sites (N-methyl/N-ethyl adjacent to an activating group) is 1. The molecule has 0 spiro atoms. The molecule has 16 heteroatoms. The van der Waals surface area contributed by atoms with Crippen LogP contribution in [0.5, 0.6) is 5.75 Å². The van der Waals surface area contributed by atoms with Crippen molar-refractivity contribution >= 4 is 40.5 Å². The molecular formula is C51H64N8O8. The van der Waals surface area contributed by atoms with Gasteiger partial charge in [-0.15, -0.1) is 0 Å². The summed E-state index contributed by atoms with van der Waals surface area (Å²) in [5.74, 6) is 1.93. The Morgan fingerprint density at radius 1 is 1.04 bits per heavy atom. The van der Waals surface area contributed by atoms with E-state index in [0.29, 0.717) is 43.5 Å². The van der Waals surface area contributed by atoms with Gasteiger partial charge in [-0.3, -0.25) is 38.9 Å². The Hall–Kier alpha value is -6.28. The lowest BCUT2D eigenvalue weighted by Gasteiger charge is -2.37. The van der Waals surface area contributed by atoms with Crippen LogP contribution in [0.1, 0.15) is 65.0 Å². The van der Waals surface area contributed by atoms with Crippen molar-refractivity contribution in [3.63, 3.8) is 0 Å². The third kappa shape index (κ3) is 10.6. The Labute approximate surface area is 392 Å². The highest BCUT2D eigenvalue weighted by Gasteiger charge is 2.48. The number of phenols is 1. The molecule has 2 aromatic carbocycles. The number of likely N-dealkylation sites (tertiary alicyclic amines) is 1. The summed E-state index contributed by atoms with van der Waals surface area (Å²) in [4.78, 5) is 78.9. The van der Waals surface area contributed by atoms with Crippen LogP contribution in [0.2, 0.25) is 0 Å². The van der Waals surface area contributed by atoms with E-state index in [9.17, 15) is 34.2 Å². The number of carbonyl (C=O) groups excluding carboxylic acids is 5. The Bertz CT molecular complexity index is 2600. The highest BCUT2D eigenvalue weighted by molar-refractivity contribution is 5.98. The van der Waals surface area contributed by atoms with Gasteiger partial charge in [0.2, 0.25) is 5.91 Å². The van der Waals surface area contributed by atoms with Crippen molar-refractivity contribution in [1.82, 2.24) is 40.0 Å². The van der Waals surface area contributed by atoms with Gasteiger partial charge in [-0.1, -0.05) is 45.7 Å². The summed E-state index contributed by atoms with van der Waals surface area (Å²) in [6.45, 7) is 11.0. The summed E-state index contributed by atoms with van der Waals surface area (Å²) >= 11 is 0. The van der Waals surface area contributed by atoms with Crippen LogP contribution in [0.25, 0.3) is 33.3 Å². The highest BCUT2D eigenvalue weighted by Crippen LogP contribution is 2.40. The number of aliphatic hydroxyl groups is 1. The fourth-order valence-corrected chi connectivity index (χ4v) is 9.67. The minimum Gasteiger partial charge on any atom is -0.508 e. The molecule has 4 atom stereocenters. The molecule has 6 bridgehead atoms. The molecule has 1 unspecified atom stereocenters. The number of ether oxygens (including phenoxy) is 1. The molecule has 5 heterocycles. The molecule has 0 saturated carbocycles. The number of aromatic nitrogens is 2. The lowest BCUT2D eigenvalue weighted by Crippen LogP contribution is -2.63. The third-order valence-corrected chi connectivity index (χ3v) is 12.9. The van der Waals surface area contributed by atoms with Crippen molar-refractivity contribution in [2.45, 2.75) is 97.0 Å². The van der Waals surface area contributed by atoms with Crippen molar-refractivity contribution in [1.29, 1.82) is 0 Å². The number of esters is 1. The van der Waals surface area contributed by atoms with Gasteiger partial charge in [0.15, 0.2) is 5.60 Å². The largest absolute Gasteiger partial charge is 0.508 e. The number of aromatic hydroxyl groups is 1. The first-order chi connectivity index (χ1) is 31.8. The second kappa shape index (κ2) is 19.9. The van der Waals surface area contributed by atoms with Crippen molar-refractivity contribution in [3.05, 3.63) is 72.1 Å². The van der Waals surface area contributed by atoms with E-state index in [1.165, 1.54) is 21.9 Å². The number of pyridine rings is 1. The first-order valence-corrected chi connectivity index (χ1v) is 23.1. The summed E-state index contributed by atoms with van der Waals surface area (Å²) in [5.41, 5.74) is 6.75. The van der Waals surface area contributed by atoms with E-state index in [2.05, 4.69) is 65.0 Å². The summed E-state index contributed by atoms with van der Waals surface area (Å²) in [6.07, 6.45) is 4.97. The molecule has 0 aliphatic carbocycles. The number of aryl methyl sites for hydroxylation is 1. The van der Waals surface area contributed by atoms with Crippen molar-refractivity contribution in [3.8, 4) is 40.0 Å². The number of fused-ring (bicyclic) bond motifs is 6. The van der Waals surface area contributed by atoms with Crippen molar-refractivity contribution < 1.29 is 38.9 Å². The van der Waals surface area contributed by atoms with Gasteiger partial charge in [0.25, 0.3) is 17.7 Å². The molecule has 7 rings (SSSR count). The molecule has 4 amide bonds. The van der Waals surface area contributed by atoms with E-state index >= 15 is 0 Å². The minimum atomic E-state index is -1.96. The molecular weight excluding hydrogens is 853 g/mol. The maximum absolute atomic E-state index is 14.7. The van der Waals surface area contributed by atoms with Crippen LogP contribution in [0, 0.1) is 23.2 Å². The second-order valence-electron chi connectivity index (χ2n) is 19.6. The van der Waals surface area contributed by atoms with Crippen LogP contribution in [0.4, 0.5) is 0 Å². The lowest BCUT2D eigenvalue weighted by molar-refractivity contribution is -0.156. The van der Waals surface area contributed by atoms with E-state index in [4.69, 9.17) is 4.74 Å². The Morgan fingerprint density at radius 2 is 1.82 bits per heavy atom. The second-order valence-corrected chi connectivity index (χ2v) is 19.6. The quantitative estimate of drug-likeness (QED) is 0.149. The number of hydrogen-bond acceptors (Lipinski definition) is 11. The number of amides is 4. The molecule has 2 saturated heterocycles. The summed E-state index contributed by atoms with van der Waals surface area (Å²) in [7, 11) is 5.08. The van der Waals surface area contributed by atoms with E-state index in [1.807, 2.05) is 49.5 Å². The molecule has 16 nitrogen and oxygen atoms in total. The zero-order chi connectivity index (χ0) is 48.4.